The zero-order valence-electron chi connectivity index (χ0n) is 10.6. The molecule has 0 spiro atoms. The van der Waals surface area contributed by atoms with Crippen molar-refractivity contribution in [3.05, 3.63) is 53.1 Å². The van der Waals surface area contributed by atoms with Gasteiger partial charge in [0.25, 0.3) is 0 Å². The summed E-state index contributed by atoms with van der Waals surface area (Å²) >= 11 is 0. The molecule has 2 rings (SSSR count). The molecule has 0 bridgehead atoms. The van der Waals surface area contributed by atoms with E-state index in [4.69, 9.17) is 10.5 Å². The molecule has 0 fully saturated rings. The molecule has 0 unspecified atom stereocenters. The van der Waals surface area contributed by atoms with E-state index in [9.17, 15) is 4.39 Å². The average Bonchev–Trinajstić information content (AvgIpc) is 2.73. The van der Waals surface area contributed by atoms with Crippen LogP contribution in [0.15, 0.2) is 30.5 Å². The van der Waals surface area contributed by atoms with E-state index in [2.05, 4.69) is 0 Å². The lowest BCUT2D eigenvalue weighted by atomic mass is 10.2. The van der Waals surface area contributed by atoms with Crippen LogP contribution in [0.4, 0.5) is 4.39 Å². The van der Waals surface area contributed by atoms with Crippen LogP contribution in [0.1, 0.15) is 16.8 Å². The summed E-state index contributed by atoms with van der Waals surface area (Å²) in [6.07, 6.45) is 1.93. The quantitative estimate of drug-likeness (QED) is 0.902. The minimum absolute atomic E-state index is 0.274. The second kappa shape index (κ2) is 5.23. The van der Waals surface area contributed by atoms with Gasteiger partial charge >= 0.3 is 0 Å². The lowest BCUT2D eigenvalue weighted by Gasteiger charge is -2.10. The van der Waals surface area contributed by atoms with Gasteiger partial charge in [-0.3, -0.25) is 0 Å². The summed E-state index contributed by atoms with van der Waals surface area (Å²) in [5.74, 6) is -0.0289. The number of rotatable bonds is 4. The first kappa shape index (κ1) is 12.6. The summed E-state index contributed by atoms with van der Waals surface area (Å²) in [4.78, 5) is 0. The van der Waals surface area contributed by atoms with Gasteiger partial charge in [-0.1, -0.05) is 12.1 Å². The SMILES string of the molecule is COc1cccc(Cn2ccc(CN)c2C)c1F. The van der Waals surface area contributed by atoms with E-state index in [0.717, 1.165) is 11.3 Å². The minimum atomic E-state index is -0.303. The topological polar surface area (TPSA) is 40.2 Å². The molecule has 2 aromatic rings. The first-order valence-electron chi connectivity index (χ1n) is 5.83. The van der Waals surface area contributed by atoms with E-state index in [1.165, 1.54) is 7.11 Å². The van der Waals surface area contributed by atoms with Gasteiger partial charge in [0.15, 0.2) is 11.6 Å². The zero-order chi connectivity index (χ0) is 13.1. The summed E-state index contributed by atoms with van der Waals surface area (Å²) < 4.78 is 21.0. The minimum Gasteiger partial charge on any atom is -0.494 e. The molecule has 0 atom stereocenters. The van der Waals surface area contributed by atoms with Crippen molar-refractivity contribution in [1.82, 2.24) is 4.57 Å². The van der Waals surface area contributed by atoms with Crippen LogP contribution in [0.25, 0.3) is 0 Å². The zero-order valence-corrected chi connectivity index (χ0v) is 10.6. The van der Waals surface area contributed by atoms with Crippen molar-refractivity contribution >= 4 is 0 Å². The Hall–Kier alpha value is -1.81. The van der Waals surface area contributed by atoms with Crippen LogP contribution in [0, 0.1) is 12.7 Å². The third-order valence-electron chi connectivity index (χ3n) is 3.17. The van der Waals surface area contributed by atoms with Crippen molar-refractivity contribution < 1.29 is 9.13 Å². The molecular formula is C14H17FN2O. The van der Waals surface area contributed by atoms with Gasteiger partial charge in [-0.25, -0.2) is 4.39 Å². The van der Waals surface area contributed by atoms with Gasteiger partial charge < -0.3 is 15.0 Å². The average molecular weight is 248 g/mol. The van der Waals surface area contributed by atoms with Gasteiger partial charge in [-0.2, -0.15) is 0 Å². The molecular weight excluding hydrogens is 231 g/mol. The molecule has 0 aliphatic carbocycles. The molecule has 2 N–H and O–H groups in total. The van der Waals surface area contributed by atoms with Crippen LogP contribution in [-0.2, 0) is 13.1 Å². The molecule has 0 radical (unpaired) electrons. The first-order chi connectivity index (χ1) is 8.67. The predicted octanol–water partition coefficient (Wildman–Crippen LogP) is 2.45. The van der Waals surface area contributed by atoms with E-state index >= 15 is 0 Å². The Morgan fingerprint density at radius 1 is 1.28 bits per heavy atom. The van der Waals surface area contributed by atoms with Gasteiger partial charge in [-0.15, -0.1) is 0 Å². The first-order valence-corrected chi connectivity index (χ1v) is 5.83. The Balaban J connectivity index is 2.31. The molecule has 1 aromatic heterocycles. The second-order valence-corrected chi connectivity index (χ2v) is 4.19. The summed E-state index contributed by atoms with van der Waals surface area (Å²) in [6, 6.07) is 7.14. The number of halogens is 1. The smallest absolute Gasteiger partial charge is 0.170 e. The Bertz CT molecular complexity index is 549. The molecule has 0 aliphatic rings. The van der Waals surface area contributed by atoms with Crippen molar-refractivity contribution in [2.24, 2.45) is 5.73 Å². The largest absolute Gasteiger partial charge is 0.494 e. The standard InChI is InChI=1S/C14H17FN2O/c1-10-11(8-16)6-7-17(10)9-12-4-3-5-13(18-2)14(12)15/h3-7H,8-9,16H2,1-2H3. The molecule has 4 heteroatoms. The molecule has 1 aromatic carbocycles. The third-order valence-corrected chi connectivity index (χ3v) is 3.17. The lowest BCUT2D eigenvalue weighted by Crippen LogP contribution is -2.05. The molecule has 1 heterocycles. The van der Waals surface area contributed by atoms with Crippen LogP contribution in [-0.4, -0.2) is 11.7 Å². The fourth-order valence-corrected chi connectivity index (χ4v) is 2.00. The van der Waals surface area contributed by atoms with Crippen LogP contribution in [0.5, 0.6) is 5.75 Å². The van der Waals surface area contributed by atoms with E-state index in [1.54, 1.807) is 18.2 Å². The Morgan fingerprint density at radius 3 is 2.67 bits per heavy atom. The number of methoxy groups -OCH3 is 1. The highest BCUT2D eigenvalue weighted by atomic mass is 19.1. The maximum Gasteiger partial charge on any atom is 0.170 e. The number of nitrogens with zero attached hydrogens (tertiary/aromatic N) is 1. The highest BCUT2D eigenvalue weighted by molar-refractivity contribution is 5.32. The van der Waals surface area contributed by atoms with Crippen LogP contribution in [0.3, 0.4) is 0 Å². The number of ether oxygens (including phenoxy) is 1. The molecule has 96 valence electrons. The number of nitrogens with two attached hydrogens (primary N) is 1. The van der Waals surface area contributed by atoms with Gasteiger partial charge in [0.05, 0.1) is 13.7 Å². The molecule has 18 heavy (non-hydrogen) atoms. The second-order valence-electron chi connectivity index (χ2n) is 4.19. The van der Waals surface area contributed by atoms with Crippen molar-refractivity contribution in [3.63, 3.8) is 0 Å². The number of hydrogen-bond donors (Lipinski definition) is 1. The maximum atomic E-state index is 14.0. The fraction of sp³-hybridized carbons (Fsp3) is 0.286. The van der Waals surface area contributed by atoms with Crippen molar-refractivity contribution in [3.8, 4) is 5.75 Å². The van der Waals surface area contributed by atoms with Crippen LogP contribution in [0.2, 0.25) is 0 Å². The summed E-state index contributed by atoms with van der Waals surface area (Å²) in [7, 11) is 1.47. The summed E-state index contributed by atoms with van der Waals surface area (Å²) in [6.45, 7) is 2.97. The van der Waals surface area contributed by atoms with Crippen LogP contribution < -0.4 is 10.5 Å². The van der Waals surface area contributed by atoms with Crippen molar-refractivity contribution in [2.75, 3.05) is 7.11 Å². The Labute approximate surface area is 106 Å². The van der Waals surface area contributed by atoms with E-state index in [1.807, 2.05) is 23.8 Å². The Morgan fingerprint density at radius 2 is 2.06 bits per heavy atom. The van der Waals surface area contributed by atoms with E-state index in [-0.39, 0.29) is 11.6 Å². The molecule has 3 nitrogen and oxygen atoms in total. The predicted molar refractivity (Wildman–Crippen MR) is 69.1 cm³/mol. The number of aromatic nitrogens is 1. The number of hydrogen-bond acceptors (Lipinski definition) is 2. The highest BCUT2D eigenvalue weighted by Crippen LogP contribution is 2.21. The fourth-order valence-electron chi connectivity index (χ4n) is 2.00. The number of benzene rings is 1. The van der Waals surface area contributed by atoms with Crippen molar-refractivity contribution in [2.45, 2.75) is 20.0 Å². The molecule has 0 saturated carbocycles. The maximum absolute atomic E-state index is 14.0. The highest BCUT2D eigenvalue weighted by Gasteiger charge is 2.10. The van der Waals surface area contributed by atoms with Crippen molar-refractivity contribution in [1.29, 1.82) is 0 Å². The van der Waals surface area contributed by atoms with Gasteiger partial charge in [0, 0.05) is 24.0 Å². The third kappa shape index (κ3) is 2.24. The molecule has 0 amide bonds. The van der Waals surface area contributed by atoms with Gasteiger partial charge in [0.2, 0.25) is 0 Å². The molecule has 0 saturated heterocycles. The van der Waals surface area contributed by atoms with Gasteiger partial charge in [0.1, 0.15) is 0 Å². The monoisotopic (exact) mass is 248 g/mol. The summed E-state index contributed by atoms with van der Waals surface area (Å²) in [5.41, 5.74) is 8.38. The normalized spacial score (nSPS) is 10.7. The Kier molecular flexibility index (Phi) is 3.67. The van der Waals surface area contributed by atoms with Gasteiger partial charge in [-0.05, 0) is 24.6 Å². The van der Waals surface area contributed by atoms with Crippen LogP contribution >= 0.6 is 0 Å². The summed E-state index contributed by atoms with van der Waals surface area (Å²) in [5, 5.41) is 0. The molecule has 0 aliphatic heterocycles. The van der Waals surface area contributed by atoms with E-state index in [0.29, 0.717) is 18.7 Å². The lowest BCUT2D eigenvalue weighted by molar-refractivity contribution is 0.383. The van der Waals surface area contributed by atoms with E-state index < -0.39 is 0 Å².